The van der Waals surface area contributed by atoms with E-state index in [0.717, 1.165) is 43.9 Å². The minimum atomic E-state index is -0.753. The van der Waals surface area contributed by atoms with E-state index in [-0.39, 0.29) is 34.3 Å². The van der Waals surface area contributed by atoms with Crippen LogP contribution >= 0.6 is 0 Å². The van der Waals surface area contributed by atoms with Crippen molar-refractivity contribution in [3.8, 4) is 17.2 Å². The lowest BCUT2D eigenvalue weighted by Crippen LogP contribution is -2.34. The van der Waals surface area contributed by atoms with Crippen molar-refractivity contribution < 1.29 is 13.6 Å². The molecule has 1 fully saturated rings. The average molecular weight is 355 g/mol. The Balaban J connectivity index is 1.89. The molecule has 1 aromatic heterocycles. The lowest BCUT2D eigenvalue weighted by molar-refractivity contribution is 0.0933. The van der Waals surface area contributed by atoms with Gasteiger partial charge in [-0.05, 0) is 36.6 Å². The Hall–Kier alpha value is -2.81. The van der Waals surface area contributed by atoms with E-state index in [2.05, 4.69) is 10.3 Å². The largest absolute Gasteiger partial charge is 0.349 e. The summed E-state index contributed by atoms with van der Waals surface area (Å²) in [5.74, 6) is -1.79. The third kappa shape index (κ3) is 4.23. The number of rotatable bonds is 3. The van der Waals surface area contributed by atoms with Gasteiger partial charge in [0.15, 0.2) is 0 Å². The van der Waals surface area contributed by atoms with Crippen molar-refractivity contribution in [1.29, 1.82) is 5.26 Å². The summed E-state index contributed by atoms with van der Waals surface area (Å²) in [6.07, 6.45) is 7.74. The molecule has 0 spiro atoms. The van der Waals surface area contributed by atoms with Crippen molar-refractivity contribution in [2.45, 2.75) is 44.6 Å². The van der Waals surface area contributed by atoms with Gasteiger partial charge in [-0.15, -0.1) is 0 Å². The van der Waals surface area contributed by atoms with Crippen molar-refractivity contribution >= 4 is 5.91 Å². The molecule has 0 saturated heterocycles. The van der Waals surface area contributed by atoms with Crippen molar-refractivity contribution in [2.75, 3.05) is 0 Å². The van der Waals surface area contributed by atoms with Crippen LogP contribution in [0.3, 0.4) is 0 Å². The standard InChI is InChI=1S/C20H19F2N3O/c21-15-7-13(8-16(22)10-15)18-9-14(12-24-19(18)11-23)20(26)25-17-5-3-1-2-4-6-17/h7-10,12,17H,1-6H2,(H,25,26). The third-order valence-corrected chi connectivity index (χ3v) is 4.62. The lowest BCUT2D eigenvalue weighted by atomic mass is 10.0. The number of carbonyl (C=O) groups excluding carboxylic acids is 1. The highest BCUT2D eigenvalue weighted by Gasteiger charge is 2.18. The molecule has 1 aliphatic carbocycles. The van der Waals surface area contributed by atoms with Crippen LogP contribution in [-0.4, -0.2) is 16.9 Å². The van der Waals surface area contributed by atoms with Gasteiger partial charge < -0.3 is 5.32 Å². The normalized spacial score (nSPS) is 15.1. The second kappa shape index (κ2) is 8.05. The van der Waals surface area contributed by atoms with Gasteiger partial charge >= 0.3 is 0 Å². The highest BCUT2D eigenvalue weighted by molar-refractivity contribution is 5.95. The fourth-order valence-electron chi connectivity index (χ4n) is 3.30. The smallest absolute Gasteiger partial charge is 0.253 e. The minimum Gasteiger partial charge on any atom is -0.349 e. The van der Waals surface area contributed by atoms with Crippen LogP contribution < -0.4 is 5.32 Å². The molecule has 1 saturated carbocycles. The number of halogens is 2. The summed E-state index contributed by atoms with van der Waals surface area (Å²) < 4.78 is 27.1. The monoisotopic (exact) mass is 355 g/mol. The molecule has 1 heterocycles. The Kier molecular flexibility index (Phi) is 5.57. The molecule has 0 radical (unpaired) electrons. The highest BCUT2D eigenvalue weighted by Crippen LogP contribution is 2.25. The molecule has 1 aliphatic rings. The van der Waals surface area contributed by atoms with Crippen LogP contribution in [0.15, 0.2) is 30.5 Å². The van der Waals surface area contributed by atoms with E-state index in [1.165, 1.54) is 25.1 Å². The SMILES string of the molecule is N#Cc1ncc(C(=O)NC2CCCCCC2)cc1-c1cc(F)cc(F)c1. The van der Waals surface area contributed by atoms with E-state index in [1.54, 1.807) is 0 Å². The molecule has 6 heteroatoms. The number of amides is 1. The number of nitrogens with zero attached hydrogens (tertiary/aromatic N) is 2. The van der Waals surface area contributed by atoms with Crippen LogP contribution in [0.25, 0.3) is 11.1 Å². The molecule has 2 aromatic rings. The second-order valence-electron chi connectivity index (χ2n) is 6.55. The molecule has 1 amide bonds. The van der Waals surface area contributed by atoms with Gasteiger partial charge in [0.2, 0.25) is 0 Å². The first-order valence-corrected chi connectivity index (χ1v) is 8.74. The number of pyridine rings is 1. The Morgan fingerprint density at radius 2 is 1.73 bits per heavy atom. The van der Waals surface area contributed by atoms with Crippen molar-refractivity contribution in [3.63, 3.8) is 0 Å². The Morgan fingerprint density at radius 1 is 1.08 bits per heavy atom. The molecule has 26 heavy (non-hydrogen) atoms. The topological polar surface area (TPSA) is 65.8 Å². The Labute approximate surface area is 150 Å². The van der Waals surface area contributed by atoms with Crippen molar-refractivity contribution in [3.05, 3.63) is 53.4 Å². The van der Waals surface area contributed by atoms with Gasteiger partial charge in [-0.3, -0.25) is 4.79 Å². The van der Waals surface area contributed by atoms with Crippen LogP contribution in [-0.2, 0) is 0 Å². The Morgan fingerprint density at radius 3 is 2.35 bits per heavy atom. The maximum atomic E-state index is 13.5. The van der Waals surface area contributed by atoms with Crippen LogP contribution in [0, 0.1) is 23.0 Å². The first-order valence-electron chi connectivity index (χ1n) is 8.74. The molecular weight excluding hydrogens is 336 g/mol. The summed E-state index contributed by atoms with van der Waals surface area (Å²) in [5, 5.41) is 12.2. The highest BCUT2D eigenvalue weighted by atomic mass is 19.1. The van der Waals surface area contributed by atoms with E-state index in [4.69, 9.17) is 0 Å². The number of carbonyl (C=O) groups is 1. The quantitative estimate of drug-likeness (QED) is 0.833. The lowest BCUT2D eigenvalue weighted by Gasteiger charge is -2.16. The summed E-state index contributed by atoms with van der Waals surface area (Å²) in [6, 6.07) is 6.48. The summed E-state index contributed by atoms with van der Waals surface area (Å²) >= 11 is 0. The van der Waals surface area contributed by atoms with E-state index in [0.29, 0.717) is 0 Å². The fraction of sp³-hybridized carbons (Fsp3) is 0.350. The zero-order valence-electron chi connectivity index (χ0n) is 14.3. The van der Waals surface area contributed by atoms with Gasteiger partial charge in [-0.2, -0.15) is 5.26 Å². The zero-order valence-corrected chi connectivity index (χ0v) is 14.3. The summed E-state index contributed by atoms with van der Waals surface area (Å²) in [6.45, 7) is 0. The van der Waals surface area contributed by atoms with Crippen molar-refractivity contribution in [2.24, 2.45) is 0 Å². The molecular formula is C20H19F2N3O. The summed E-state index contributed by atoms with van der Waals surface area (Å²) in [5.41, 5.74) is 0.698. The fourth-order valence-corrected chi connectivity index (χ4v) is 3.30. The zero-order chi connectivity index (χ0) is 18.5. The first-order chi connectivity index (χ1) is 12.6. The van der Waals surface area contributed by atoms with Gasteiger partial charge in [0.25, 0.3) is 5.91 Å². The second-order valence-corrected chi connectivity index (χ2v) is 6.55. The van der Waals surface area contributed by atoms with Crippen LogP contribution in [0.2, 0.25) is 0 Å². The number of hydrogen-bond donors (Lipinski definition) is 1. The van der Waals surface area contributed by atoms with Gasteiger partial charge in [0, 0.05) is 23.9 Å². The number of benzene rings is 1. The van der Waals surface area contributed by atoms with Gasteiger partial charge in [-0.25, -0.2) is 13.8 Å². The van der Waals surface area contributed by atoms with Crippen molar-refractivity contribution in [1.82, 2.24) is 10.3 Å². The maximum absolute atomic E-state index is 13.5. The molecule has 0 atom stereocenters. The van der Waals surface area contributed by atoms with Crippen LogP contribution in [0.4, 0.5) is 8.78 Å². The molecule has 4 nitrogen and oxygen atoms in total. The van der Waals surface area contributed by atoms with E-state index in [9.17, 15) is 18.8 Å². The van der Waals surface area contributed by atoms with Gasteiger partial charge in [0.05, 0.1) is 5.56 Å². The average Bonchev–Trinajstić information content (AvgIpc) is 2.89. The molecule has 134 valence electrons. The van der Waals surface area contributed by atoms with E-state index >= 15 is 0 Å². The number of nitrogens with one attached hydrogen (secondary N) is 1. The first kappa shape index (κ1) is 18.0. The Bertz CT molecular complexity index is 832. The minimum absolute atomic E-state index is 0.0148. The number of aromatic nitrogens is 1. The molecule has 0 aliphatic heterocycles. The third-order valence-electron chi connectivity index (χ3n) is 4.62. The maximum Gasteiger partial charge on any atom is 0.253 e. The number of hydrogen-bond acceptors (Lipinski definition) is 3. The van der Waals surface area contributed by atoms with E-state index in [1.807, 2.05) is 6.07 Å². The molecule has 1 N–H and O–H groups in total. The molecule has 0 bridgehead atoms. The summed E-state index contributed by atoms with van der Waals surface area (Å²) in [7, 11) is 0. The molecule has 1 aromatic carbocycles. The molecule has 0 unspecified atom stereocenters. The predicted octanol–water partition coefficient (Wildman–Crippen LogP) is 4.35. The van der Waals surface area contributed by atoms with Crippen LogP contribution in [0.1, 0.15) is 54.6 Å². The summed E-state index contributed by atoms with van der Waals surface area (Å²) in [4.78, 5) is 16.6. The van der Waals surface area contributed by atoms with Crippen LogP contribution in [0.5, 0.6) is 0 Å². The predicted molar refractivity (Wildman–Crippen MR) is 93.3 cm³/mol. The van der Waals surface area contributed by atoms with Gasteiger partial charge in [-0.1, -0.05) is 25.7 Å². The van der Waals surface area contributed by atoms with E-state index < -0.39 is 11.6 Å². The van der Waals surface area contributed by atoms with Gasteiger partial charge in [0.1, 0.15) is 23.4 Å². The molecule has 3 rings (SSSR count). The number of nitriles is 1.